The summed E-state index contributed by atoms with van der Waals surface area (Å²) in [6.07, 6.45) is 1.68. The second-order valence-electron chi connectivity index (χ2n) is 7.20. The standard InChI is InChI=1S/C26H22NO/c1-17-12-15-23(27(3)16-17)24-18(2)13-14-22-21-11-7-10-20(25(21)28-26(22)24)19-8-5-4-6-9-19/h4-16H,1-3H3/q+1/i1D3. The van der Waals surface area contributed by atoms with Crippen LogP contribution in [0.5, 0.6) is 0 Å². The Kier molecular flexibility index (Phi) is 3.11. The van der Waals surface area contributed by atoms with Gasteiger partial charge in [-0.05, 0) is 31.0 Å². The molecule has 2 heteroatoms. The number of aryl methyl sites for hydroxylation is 3. The van der Waals surface area contributed by atoms with E-state index in [1.54, 1.807) is 12.3 Å². The molecule has 5 rings (SSSR count). The maximum Gasteiger partial charge on any atom is 0.216 e. The van der Waals surface area contributed by atoms with Crippen molar-refractivity contribution >= 4 is 21.9 Å². The molecule has 0 N–H and O–H groups in total. The van der Waals surface area contributed by atoms with E-state index in [0.717, 1.165) is 49.9 Å². The van der Waals surface area contributed by atoms with Crippen LogP contribution in [0.2, 0.25) is 0 Å². The lowest BCUT2D eigenvalue weighted by molar-refractivity contribution is -0.660. The third kappa shape index (κ3) is 2.53. The van der Waals surface area contributed by atoms with Crippen molar-refractivity contribution in [2.75, 3.05) is 0 Å². The van der Waals surface area contributed by atoms with Gasteiger partial charge < -0.3 is 4.42 Å². The van der Waals surface area contributed by atoms with E-state index in [2.05, 4.69) is 49.4 Å². The number of para-hydroxylation sites is 1. The fourth-order valence-corrected chi connectivity index (χ4v) is 3.99. The van der Waals surface area contributed by atoms with Crippen LogP contribution in [0.1, 0.15) is 15.2 Å². The van der Waals surface area contributed by atoms with Gasteiger partial charge in [0.25, 0.3) is 0 Å². The van der Waals surface area contributed by atoms with E-state index in [-0.39, 0.29) is 0 Å². The summed E-state index contributed by atoms with van der Waals surface area (Å²) < 4.78 is 31.5. The lowest BCUT2D eigenvalue weighted by Gasteiger charge is -2.06. The SMILES string of the molecule is [2H]C([2H])([2H])c1ccc(-c2c(C)ccc3c2oc2c(-c4ccccc4)cccc23)[n+](C)c1. The van der Waals surface area contributed by atoms with Gasteiger partial charge in [0.15, 0.2) is 6.20 Å². The predicted octanol–water partition coefficient (Wildman–Crippen LogP) is 6.36. The van der Waals surface area contributed by atoms with Crippen molar-refractivity contribution in [2.45, 2.75) is 13.8 Å². The molecule has 2 heterocycles. The maximum atomic E-state index is 7.70. The smallest absolute Gasteiger partial charge is 0.216 e. The summed E-state index contributed by atoms with van der Waals surface area (Å²) in [6.45, 7) is -0.0843. The molecule has 0 bridgehead atoms. The zero-order valence-corrected chi connectivity index (χ0v) is 15.9. The molecule has 0 fully saturated rings. The number of fused-ring (bicyclic) bond motifs is 3. The lowest BCUT2D eigenvalue weighted by atomic mass is 9.99. The van der Waals surface area contributed by atoms with Gasteiger partial charge in [-0.15, -0.1) is 0 Å². The molecule has 3 aromatic carbocycles. The maximum absolute atomic E-state index is 7.70. The molecule has 0 aliphatic heterocycles. The highest BCUT2D eigenvalue weighted by atomic mass is 16.3. The van der Waals surface area contributed by atoms with Crippen LogP contribution < -0.4 is 4.57 Å². The van der Waals surface area contributed by atoms with E-state index in [9.17, 15) is 0 Å². The number of benzene rings is 3. The summed E-state index contributed by atoms with van der Waals surface area (Å²) in [5, 5.41) is 2.12. The summed E-state index contributed by atoms with van der Waals surface area (Å²) >= 11 is 0. The van der Waals surface area contributed by atoms with Gasteiger partial charge in [0.2, 0.25) is 5.69 Å². The van der Waals surface area contributed by atoms with E-state index in [1.165, 1.54) is 0 Å². The fourth-order valence-electron chi connectivity index (χ4n) is 3.99. The Morgan fingerprint density at radius 1 is 0.821 bits per heavy atom. The molecule has 0 spiro atoms. The molecule has 0 aliphatic rings. The van der Waals surface area contributed by atoms with E-state index >= 15 is 0 Å². The van der Waals surface area contributed by atoms with E-state index < -0.39 is 6.85 Å². The average molecular weight is 367 g/mol. The highest BCUT2D eigenvalue weighted by Crippen LogP contribution is 2.40. The Bertz CT molecular complexity index is 1430. The van der Waals surface area contributed by atoms with Crippen LogP contribution in [0, 0.1) is 13.8 Å². The van der Waals surface area contributed by atoms with Gasteiger partial charge in [0.05, 0.1) is 5.56 Å². The van der Waals surface area contributed by atoms with Crippen molar-refractivity contribution in [3.8, 4) is 22.4 Å². The monoisotopic (exact) mass is 367 g/mol. The van der Waals surface area contributed by atoms with Gasteiger partial charge in [-0.1, -0.05) is 60.7 Å². The average Bonchev–Trinajstić information content (AvgIpc) is 3.13. The largest absolute Gasteiger partial charge is 0.454 e. The summed E-state index contributed by atoms with van der Waals surface area (Å²) in [6, 6.07) is 24.2. The van der Waals surface area contributed by atoms with Crippen molar-refractivity contribution < 1.29 is 13.1 Å². The van der Waals surface area contributed by atoms with Crippen LogP contribution in [0.25, 0.3) is 44.3 Å². The number of aromatic nitrogens is 1. The summed E-state index contributed by atoms with van der Waals surface area (Å²) in [4.78, 5) is 0. The summed E-state index contributed by atoms with van der Waals surface area (Å²) in [5.74, 6) is 0. The normalized spacial score (nSPS) is 13.4. The van der Waals surface area contributed by atoms with Gasteiger partial charge in [-0.3, -0.25) is 0 Å². The lowest BCUT2D eigenvalue weighted by Crippen LogP contribution is -2.31. The Morgan fingerprint density at radius 2 is 1.64 bits per heavy atom. The van der Waals surface area contributed by atoms with Gasteiger partial charge in [0, 0.05) is 32.1 Å². The molecular formula is C26H22NO+. The molecule has 2 nitrogen and oxygen atoms in total. The van der Waals surface area contributed by atoms with Crippen LogP contribution in [-0.2, 0) is 7.05 Å². The van der Waals surface area contributed by atoms with Crippen LogP contribution in [0.4, 0.5) is 0 Å². The minimum atomic E-state index is -2.14. The van der Waals surface area contributed by atoms with Crippen LogP contribution in [0.3, 0.4) is 0 Å². The Morgan fingerprint density at radius 3 is 2.43 bits per heavy atom. The third-order valence-corrected chi connectivity index (χ3v) is 5.35. The third-order valence-electron chi connectivity index (χ3n) is 5.35. The summed E-state index contributed by atoms with van der Waals surface area (Å²) in [7, 11) is 1.88. The van der Waals surface area contributed by atoms with E-state index in [4.69, 9.17) is 8.53 Å². The molecule has 5 aromatic rings. The first-order valence-corrected chi connectivity index (χ1v) is 9.35. The molecule has 136 valence electrons. The Labute approximate surface area is 168 Å². The highest BCUT2D eigenvalue weighted by Gasteiger charge is 2.21. The van der Waals surface area contributed by atoms with Crippen LogP contribution >= 0.6 is 0 Å². The number of hydrogen-bond donors (Lipinski definition) is 0. The van der Waals surface area contributed by atoms with Crippen molar-refractivity contribution in [1.29, 1.82) is 0 Å². The molecule has 0 saturated heterocycles. The minimum absolute atomic E-state index is 0.319. The van der Waals surface area contributed by atoms with Crippen molar-refractivity contribution in [1.82, 2.24) is 0 Å². The topological polar surface area (TPSA) is 17.0 Å². The van der Waals surface area contributed by atoms with Crippen molar-refractivity contribution in [3.05, 3.63) is 90.1 Å². The van der Waals surface area contributed by atoms with Gasteiger partial charge in [-0.2, -0.15) is 0 Å². The quantitative estimate of drug-likeness (QED) is 0.332. The molecule has 0 radical (unpaired) electrons. The van der Waals surface area contributed by atoms with Crippen molar-refractivity contribution in [3.63, 3.8) is 0 Å². The molecule has 28 heavy (non-hydrogen) atoms. The number of furan rings is 1. The van der Waals surface area contributed by atoms with E-state index in [0.29, 0.717) is 5.56 Å². The number of hydrogen-bond acceptors (Lipinski definition) is 1. The molecular weight excluding hydrogens is 342 g/mol. The van der Waals surface area contributed by atoms with Gasteiger partial charge in [0.1, 0.15) is 18.2 Å². The van der Waals surface area contributed by atoms with Gasteiger partial charge >= 0.3 is 0 Å². The van der Waals surface area contributed by atoms with Crippen LogP contribution in [0.15, 0.2) is 83.4 Å². The molecule has 0 unspecified atom stereocenters. The number of rotatable bonds is 2. The first kappa shape index (κ1) is 13.7. The minimum Gasteiger partial charge on any atom is -0.454 e. The number of pyridine rings is 1. The Balaban J connectivity index is 1.80. The van der Waals surface area contributed by atoms with Gasteiger partial charge in [-0.25, -0.2) is 4.57 Å². The molecule has 2 aromatic heterocycles. The van der Waals surface area contributed by atoms with Crippen molar-refractivity contribution in [2.24, 2.45) is 7.05 Å². The zero-order valence-electron chi connectivity index (χ0n) is 18.9. The fraction of sp³-hybridized carbons (Fsp3) is 0.115. The highest BCUT2D eigenvalue weighted by molar-refractivity contribution is 6.13. The summed E-state index contributed by atoms with van der Waals surface area (Å²) in [5.41, 5.74) is 7.12. The van der Waals surface area contributed by atoms with Crippen LogP contribution in [-0.4, -0.2) is 0 Å². The molecule has 0 aliphatic carbocycles. The second-order valence-corrected chi connectivity index (χ2v) is 7.20. The zero-order chi connectivity index (χ0) is 21.8. The number of nitrogens with zero attached hydrogens (tertiary/aromatic N) is 1. The molecule has 0 amide bonds. The Hall–Kier alpha value is -3.39. The van der Waals surface area contributed by atoms with E-state index in [1.807, 2.05) is 35.9 Å². The molecule has 0 atom stereocenters. The predicted molar refractivity (Wildman–Crippen MR) is 115 cm³/mol. The first-order chi connectivity index (χ1) is 14.8. The second kappa shape index (κ2) is 6.35. The first-order valence-electron chi connectivity index (χ1n) is 10.9. The molecule has 0 saturated carbocycles.